The van der Waals surface area contributed by atoms with Gasteiger partial charge < -0.3 is 31.3 Å². The third kappa shape index (κ3) is 6.43. The molecule has 5 N–H and O–H groups in total. The number of likely N-dealkylation sites (tertiary alicyclic amines) is 1. The minimum atomic E-state index is -1.04. The van der Waals surface area contributed by atoms with Gasteiger partial charge in [-0.3, -0.25) is 14.5 Å². The molecular weight excluding hydrogens is 597 g/mol. The number of carbonyl (C=O) groups is 3. The molecule has 2 aromatic heterocycles. The van der Waals surface area contributed by atoms with Crippen molar-refractivity contribution in [2.24, 2.45) is 0 Å². The summed E-state index contributed by atoms with van der Waals surface area (Å²) in [6, 6.07) is 3.74. The zero-order valence-corrected chi connectivity index (χ0v) is 25.8. The molecule has 2 saturated heterocycles. The molecule has 3 aliphatic rings. The van der Waals surface area contributed by atoms with Crippen molar-refractivity contribution in [3.05, 3.63) is 33.7 Å². The van der Waals surface area contributed by atoms with Crippen molar-refractivity contribution in [3.8, 4) is 0 Å². The lowest BCUT2D eigenvalue weighted by Crippen LogP contribution is -2.58. The van der Waals surface area contributed by atoms with Crippen LogP contribution in [0.2, 0.25) is 10.3 Å². The number of amides is 2. The Labute approximate surface area is 260 Å². The van der Waals surface area contributed by atoms with Crippen LogP contribution in [0.1, 0.15) is 66.8 Å². The van der Waals surface area contributed by atoms with Crippen LogP contribution in [0.5, 0.6) is 0 Å². The summed E-state index contributed by atoms with van der Waals surface area (Å²) in [5, 5.41) is 3.04. The van der Waals surface area contributed by atoms with Crippen molar-refractivity contribution >= 4 is 58.4 Å². The highest BCUT2D eigenvalue weighted by Gasteiger charge is 2.53. The Morgan fingerprint density at radius 3 is 2.37 bits per heavy atom. The van der Waals surface area contributed by atoms with Gasteiger partial charge in [-0.25, -0.2) is 19.7 Å². The third-order valence-corrected chi connectivity index (χ3v) is 8.95. The number of nitrogens with zero attached hydrogens (tertiary/aromatic N) is 6. The van der Waals surface area contributed by atoms with Gasteiger partial charge in [-0.1, -0.05) is 30.1 Å². The fraction of sp³-hybridized carbons (Fsp3) is 0.571. The molecular formula is C28H37Cl2N9O4. The van der Waals surface area contributed by atoms with Crippen molar-refractivity contribution in [3.63, 3.8) is 0 Å². The minimum Gasteiger partial charge on any atom is -0.464 e. The first-order valence-electron chi connectivity index (χ1n) is 14.6. The number of ether oxygens (including phenoxy) is 1. The predicted molar refractivity (Wildman–Crippen MR) is 163 cm³/mol. The second kappa shape index (κ2) is 12.7. The Morgan fingerprint density at radius 2 is 1.74 bits per heavy atom. The summed E-state index contributed by atoms with van der Waals surface area (Å²) >= 11 is 12.4. The average Bonchev–Trinajstić information content (AvgIpc) is 3.78. The van der Waals surface area contributed by atoms with Crippen LogP contribution >= 0.6 is 23.2 Å². The predicted octanol–water partition coefficient (Wildman–Crippen LogP) is 2.37. The van der Waals surface area contributed by atoms with E-state index in [1.54, 1.807) is 19.1 Å². The molecule has 1 saturated carbocycles. The first-order chi connectivity index (χ1) is 20.6. The van der Waals surface area contributed by atoms with Crippen LogP contribution < -0.4 is 21.7 Å². The van der Waals surface area contributed by atoms with E-state index in [9.17, 15) is 14.4 Å². The fourth-order valence-electron chi connectivity index (χ4n) is 5.95. The summed E-state index contributed by atoms with van der Waals surface area (Å²) in [5.41, 5.74) is 11.3. The van der Waals surface area contributed by atoms with E-state index in [0.717, 1.165) is 25.8 Å². The highest BCUT2D eigenvalue weighted by atomic mass is 35.5. The number of carbonyl (C=O) groups excluding carboxylic acids is 3. The van der Waals surface area contributed by atoms with Gasteiger partial charge in [0.1, 0.15) is 16.5 Å². The zero-order valence-electron chi connectivity index (χ0n) is 24.3. The largest absolute Gasteiger partial charge is 0.464 e. The Morgan fingerprint density at radius 1 is 1.02 bits per heavy atom. The van der Waals surface area contributed by atoms with Crippen LogP contribution in [0.3, 0.4) is 0 Å². The molecule has 0 bridgehead atoms. The summed E-state index contributed by atoms with van der Waals surface area (Å²) < 4.78 is 5.09. The number of halogens is 2. The van der Waals surface area contributed by atoms with Crippen LogP contribution in [0.4, 0.5) is 17.5 Å². The summed E-state index contributed by atoms with van der Waals surface area (Å²) in [6.45, 7) is 7.40. The van der Waals surface area contributed by atoms with E-state index in [-0.39, 0.29) is 46.2 Å². The summed E-state index contributed by atoms with van der Waals surface area (Å²) in [6.07, 6.45) is 3.56. The molecule has 0 unspecified atom stereocenters. The van der Waals surface area contributed by atoms with E-state index < -0.39 is 17.4 Å². The molecule has 5 rings (SSSR count). The normalized spacial score (nSPS) is 20.5. The molecule has 2 amide bonds. The van der Waals surface area contributed by atoms with E-state index >= 15 is 0 Å². The smallest absolute Gasteiger partial charge is 0.331 e. The number of pyridine rings is 1. The number of hydrogen-bond donors (Lipinski definition) is 3. The van der Waals surface area contributed by atoms with Crippen LogP contribution in [-0.2, 0) is 9.53 Å². The Bertz CT molecular complexity index is 1400. The molecule has 0 radical (unpaired) electrons. The van der Waals surface area contributed by atoms with Crippen molar-refractivity contribution in [1.29, 1.82) is 0 Å². The SMILES string of the molecule is CCOC(=O)C1(NC(=O)c2nc(Cl)c(N3CCN(C4CCN(C(=O)c5ccc(Cl)nc5N)CC4)[C@@H](CC)C3)nc2N)CC1. The number of esters is 1. The van der Waals surface area contributed by atoms with Crippen LogP contribution in [0.25, 0.3) is 0 Å². The highest BCUT2D eigenvalue weighted by Crippen LogP contribution is 2.37. The highest BCUT2D eigenvalue weighted by molar-refractivity contribution is 6.32. The molecule has 2 aromatic rings. The van der Waals surface area contributed by atoms with Gasteiger partial charge in [-0.15, -0.1) is 0 Å². The van der Waals surface area contributed by atoms with E-state index in [4.69, 9.17) is 39.4 Å². The summed E-state index contributed by atoms with van der Waals surface area (Å²) in [5.74, 6) is -0.702. The number of piperidine rings is 1. The second-order valence-electron chi connectivity index (χ2n) is 11.2. The van der Waals surface area contributed by atoms with Crippen molar-refractivity contribution in [2.75, 3.05) is 55.7 Å². The number of aromatic nitrogens is 3. The first-order valence-corrected chi connectivity index (χ1v) is 15.4. The monoisotopic (exact) mass is 633 g/mol. The van der Waals surface area contributed by atoms with Gasteiger partial charge >= 0.3 is 5.97 Å². The zero-order chi connectivity index (χ0) is 30.9. The van der Waals surface area contributed by atoms with Crippen LogP contribution in [0.15, 0.2) is 12.1 Å². The molecule has 1 atom stereocenters. The van der Waals surface area contributed by atoms with Gasteiger partial charge in [0.05, 0.1) is 12.2 Å². The second-order valence-corrected chi connectivity index (χ2v) is 11.9. The third-order valence-electron chi connectivity index (χ3n) is 8.49. The fourth-order valence-corrected chi connectivity index (χ4v) is 6.35. The number of piperazine rings is 1. The maximum Gasteiger partial charge on any atom is 0.331 e. The molecule has 43 heavy (non-hydrogen) atoms. The molecule has 0 spiro atoms. The van der Waals surface area contributed by atoms with Crippen LogP contribution in [0, 0.1) is 0 Å². The number of hydrogen-bond acceptors (Lipinski definition) is 11. The van der Waals surface area contributed by atoms with E-state index in [1.807, 2.05) is 9.80 Å². The lowest BCUT2D eigenvalue weighted by Gasteiger charge is -2.47. The van der Waals surface area contributed by atoms with Crippen molar-refractivity contribution in [1.82, 2.24) is 30.1 Å². The summed E-state index contributed by atoms with van der Waals surface area (Å²) in [7, 11) is 0. The molecule has 1 aliphatic carbocycles. The standard InChI is InChI=1S/C28H37Cl2N9O4/c1-3-16-15-38(24-21(30)34-20(23(32)35-24)25(40)36-28(9-10-28)27(42)43-4-2)13-14-39(16)17-7-11-37(12-8-17)26(41)18-5-6-19(29)33-22(18)31/h5-6,16-17H,3-4,7-15H2,1-2H3,(H2,31,33)(H2,32,35)(H,36,40)/t16-/m0/s1. The quantitative estimate of drug-likeness (QED) is 0.288. The lowest BCUT2D eigenvalue weighted by atomic mass is 9.97. The molecule has 4 heterocycles. The van der Waals surface area contributed by atoms with Crippen molar-refractivity contribution in [2.45, 2.75) is 63.6 Å². The molecule has 2 aliphatic heterocycles. The number of nitrogen functional groups attached to an aromatic ring is 2. The van der Waals surface area contributed by atoms with Crippen molar-refractivity contribution < 1.29 is 19.1 Å². The lowest BCUT2D eigenvalue weighted by molar-refractivity contribution is -0.146. The van der Waals surface area contributed by atoms with Gasteiger partial charge in [0.15, 0.2) is 22.5 Å². The maximum atomic E-state index is 13.0. The number of nitrogens with one attached hydrogen (secondary N) is 1. The molecule has 13 nitrogen and oxygen atoms in total. The van der Waals surface area contributed by atoms with Gasteiger partial charge in [-0.05, 0) is 51.2 Å². The van der Waals surface area contributed by atoms with Gasteiger partial charge in [0, 0.05) is 44.8 Å². The van der Waals surface area contributed by atoms with Gasteiger partial charge in [0.25, 0.3) is 11.8 Å². The Balaban J connectivity index is 1.20. The van der Waals surface area contributed by atoms with Gasteiger partial charge in [-0.2, -0.15) is 0 Å². The number of anilines is 3. The molecule has 15 heteroatoms. The van der Waals surface area contributed by atoms with Crippen LogP contribution in [-0.4, -0.2) is 99.5 Å². The number of rotatable bonds is 8. The van der Waals surface area contributed by atoms with E-state index in [0.29, 0.717) is 56.4 Å². The molecule has 232 valence electrons. The maximum absolute atomic E-state index is 13.0. The van der Waals surface area contributed by atoms with E-state index in [1.165, 1.54) is 0 Å². The summed E-state index contributed by atoms with van der Waals surface area (Å²) in [4.78, 5) is 57.4. The molecule has 0 aromatic carbocycles. The Hall–Kier alpha value is -3.42. The Kier molecular flexibility index (Phi) is 9.14. The minimum absolute atomic E-state index is 0.0550. The van der Waals surface area contributed by atoms with Gasteiger partial charge in [0.2, 0.25) is 0 Å². The molecule has 3 fully saturated rings. The first kappa shape index (κ1) is 31.0. The van der Waals surface area contributed by atoms with E-state index in [2.05, 4.69) is 32.1 Å². The average molecular weight is 635 g/mol. The number of nitrogens with two attached hydrogens (primary N) is 2. The topological polar surface area (TPSA) is 173 Å².